The number of rotatable bonds is 1. The molecule has 0 saturated heterocycles. The van der Waals surface area contributed by atoms with Gasteiger partial charge in [-0.1, -0.05) is 0 Å². The normalized spacial score (nSPS) is 10.8. The summed E-state index contributed by atoms with van der Waals surface area (Å²) in [6, 6.07) is 3.27. The molecule has 4 heteroatoms. The number of halogens is 1. The molecular formula is C9H7ClO2S. The summed E-state index contributed by atoms with van der Waals surface area (Å²) in [5.41, 5.74) is 0.849. The Hall–Kier alpha value is -0.930. The first-order chi connectivity index (χ1) is 6.24. The third-order valence-electron chi connectivity index (χ3n) is 1.91. The predicted molar refractivity (Wildman–Crippen MR) is 54.7 cm³/mol. The van der Waals surface area contributed by atoms with Crippen molar-refractivity contribution < 1.29 is 10.2 Å². The van der Waals surface area contributed by atoms with Crippen LogP contribution in [0.5, 0.6) is 11.5 Å². The van der Waals surface area contributed by atoms with Gasteiger partial charge in [0.2, 0.25) is 0 Å². The molecule has 0 fully saturated rings. The number of fused-ring (bicyclic) bond motifs is 1. The van der Waals surface area contributed by atoms with Crippen LogP contribution in [0.25, 0.3) is 10.1 Å². The van der Waals surface area contributed by atoms with E-state index in [0.717, 1.165) is 10.3 Å². The first kappa shape index (κ1) is 8.66. The number of aromatic hydroxyl groups is 2. The smallest absolute Gasteiger partial charge is 0.166 e. The molecule has 1 heterocycles. The summed E-state index contributed by atoms with van der Waals surface area (Å²) in [6.07, 6.45) is 0. The van der Waals surface area contributed by atoms with Gasteiger partial charge < -0.3 is 10.2 Å². The molecule has 0 amide bonds. The van der Waals surface area contributed by atoms with E-state index >= 15 is 0 Å². The van der Waals surface area contributed by atoms with Crippen molar-refractivity contribution in [1.29, 1.82) is 0 Å². The van der Waals surface area contributed by atoms with Crippen molar-refractivity contribution in [3.8, 4) is 11.5 Å². The molecule has 0 unspecified atom stereocenters. The van der Waals surface area contributed by atoms with Gasteiger partial charge in [-0.3, -0.25) is 0 Å². The highest BCUT2D eigenvalue weighted by molar-refractivity contribution is 7.17. The maximum atomic E-state index is 9.48. The van der Waals surface area contributed by atoms with Gasteiger partial charge in [-0.2, -0.15) is 0 Å². The summed E-state index contributed by atoms with van der Waals surface area (Å²) in [4.78, 5) is 0. The zero-order valence-corrected chi connectivity index (χ0v) is 8.19. The minimum Gasteiger partial charge on any atom is -0.504 e. The van der Waals surface area contributed by atoms with Crippen molar-refractivity contribution in [3.05, 3.63) is 23.1 Å². The third kappa shape index (κ3) is 1.24. The first-order valence-electron chi connectivity index (χ1n) is 3.71. The SMILES string of the molecule is Oc1cc(CCl)c2sccc2c1O. The Morgan fingerprint density at radius 2 is 2.15 bits per heavy atom. The lowest BCUT2D eigenvalue weighted by molar-refractivity contribution is 0.408. The molecule has 0 saturated carbocycles. The van der Waals surface area contributed by atoms with Crippen molar-refractivity contribution >= 4 is 33.0 Å². The van der Waals surface area contributed by atoms with E-state index in [9.17, 15) is 10.2 Å². The van der Waals surface area contributed by atoms with Gasteiger partial charge in [-0.15, -0.1) is 22.9 Å². The van der Waals surface area contributed by atoms with Crippen molar-refractivity contribution in [2.45, 2.75) is 5.88 Å². The van der Waals surface area contributed by atoms with Gasteiger partial charge in [0.15, 0.2) is 11.5 Å². The second-order valence-corrected chi connectivity index (χ2v) is 3.88. The molecule has 0 spiro atoms. The number of benzene rings is 1. The van der Waals surface area contributed by atoms with Gasteiger partial charge in [0.1, 0.15) is 0 Å². The second kappa shape index (κ2) is 3.09. The summed E-state index contributed by atoms with van der Waals surface area (Å²) in [5, 5.41) is 21.4. The van der Waals surface area contributed by atoms with Crippen LogP contribution in [-0.2, 0) is 5.88 Å². The summed E-state index contributed by atoms with van der Waals surface area (Å²) in [7, 11) is 0. The van der Waals surface area contributed by atoms with Gasteiger partial charge in [0, 0.05) is 16.0 Å². The van der Waals surface area contributed by atoms with Crippen LogP contribution in [0.1, 0.15) is 5.56 Å². The molecule has 2 aromatic rings. The van der Waals surface area contributed by atoms with Gasteiger partial charge in [0.05, 0.1) is 0 Å². The average Bonchev–Trinajstić information content (AvgIpc) is 2.60. The van der Waals surface area contributed by atoms with Crippen molar-refractivity contribution in [3.63, 3.8) is 0 Å². The lowest BCUT2D eigenvalue weighted by atomic mass is 10.1. The molecule has 1 aromatic heterocycles. The zero-order chi connectivity index (χ0) is 9.42. The highest BCUT2D eigenvalue weighted by Gasteiger charge is 2.10. The molecule has 68 valence electrons. The Bertz CT molecular complexity index is 450. The Morgan fingerprint density at radius 1 is 1.38 bits per heavy atom. The molecule has 0 aliphatic rings. The van der Waals surface area contributed by atoms with Gasteiger partial charge in [-0.05, 0) is 23.1 Å². The number of alkyl halides is 1. The van der Waals surface area contributed by atoms with Gasteiger partial charge in [0.25, 0.3) is 0 Å². The topological polar surface area (TPSA) is 40.5 Å². The second-order valence-electron chi connectivity index (χ2n) is 2.70. The summed E-state index contributed by atoms with van der Waals surface area (Å²) < 4.78 is 0.935. The van der Waals surface area contributed by atoms with Crippen LogP contribution in [0.3, 0.4) is 0 Å². The van der Waals surface area contributed by atoms with E-state index in [-0.39, 0.29) is 11.5 Å². The molecule has 0 aliphatic heterocycles. The highest BCUT2D eigenvalue weighted by atomic mass is 35.5. The number of phenolic OH excluding ortho intramolecular Hbond substituents is 2. The molecular weight excluding hydrogens is 208 g/mol. The number of hydrogen-bond acceptors (Lipinski definition) is 3. The Morgan fingerprint density at radius 3 is 2.85 bits per heavy atom. The zero-order valence-electron chi connectivity index (χ0n) is 6.62. The van der Waals surface area contributed by atoms with Crippen LogP contribution in [0.4, 0.5) is 0 Å². The lowest BCUT2D eigenvalue weighted by Crippen LogP contribution is -1.79. The number of phenols is 2. The maximum absolute atomic E-state index is 9.48. The summed E-state index contributed by atoms with van der Waals surface area (Å²) in [5.74, 6) is 0.164. The van der Waals surface area contributed by atoms with E-state index in [0.29, 0.717) is 11.3 Å². The minimum atomic E-state index is -0.110. The number of hydrogen-bond donors (Lipinski definition) is 2. The predicted octanol–water partition coefficient (Wildman–Crippen LogP) is 3.05. The fourth-order valence-corrected chi connectivity index (χ4v) is 2.48. The van der Waals surface area contributed by atoms with Gasteiger partial charge in [-0.25, -0.2) is 0 Å². The van der Waals surface area contributed by atoms with Crippen LogP contribution >= 0.6 is 22.9 Å². The minimum absolute atomic E-state index is 0.0647. The fourth-order valence-electron chi connectivity index (χ4n) is 1.28. The molecule has 0 aliphatic carbocycles. The van der Waals surface area contributed by atoms with Crippen LogP contribution in [0.2, 0.25) is 0 Å². The van der Waals surface area contributed by atoms with Crippen molar-refractivity contribution in [1.82, 2.24) is 0 Å². The van der Waals surface area contributed by atoms with Crippen LogP contribution in [0, 0.1) is 0 Å². The Balaban J connectivity index is 2.87. The van der Waals surface area contributed by atoms with E-state index in [4.69, 9.17) is 11.6 Å². The third-order valence-corrected chi connectivity index (χ3v) is 3.19. The van der Waals surface area contributed by atoms with E-state index in [1.807, 2.05) is 5.38 Å². The van der Waals surface area contributed by atoms with Crippen LogP contribution in [-0.4, -0.2) is 10.2 Å². The molecule has 0 radical (unpaired) electrons. The number of thiophene rings is 1. The van der Waals surface area contributed by atoms with Crippen LogP contribution < -0.4 is 0 Å². The molecule has 0 bridgehead atoms. The monoisotopic (exact) mass is 214 g/mol. The maximum Gasteiger partial charge on any atom is 0.166 e. The summed E-state index contributed by atoms with van der Waals surface area (Å²) in [6.45, 7) is 0. The van der Waals surface area contributed by atoms with E-state index in [2.05, 4.69) is 0 Å². The highest BCUT2D eigenvalue weighted by Crippen LogP contribution is 2.39. The van der Waals surface area contributed by atoms with E-state index in [1.165, 1.54) is 17.4 Å². The fraction of sp³-hybridized carbons (Fsp3) is 0.111. The average molecular weight is 215 g/mol. The first-order valence-corrected chi connectivity index (χ1v) is 5.12. The molecule has 0 atom stereocenters. The van der Waals surface area contributed by atoms with Crippen molar-refractivity contribution in [2.75, 3.05) is 0 Å². The van der Waals surface area contributed by atoms with Gasteiger partial charge >= 0.3 is 0 Å². The largest absolute Gasteiger partial charge is 0.504 e. The van der Waals surface area contributed by atoms with E-state index < -0.39 is 0 Å². The molecule has 2 N–H and O–H groups in total. The molecule has 1 aromatic carbocycles. The van der Waals surface area contributed by atoms with E-state index in [1.54, 1.807) is 6.07 Å². The molecule has 2 rings (SSSR count). The Kier molecular flexibility index (Phi) is 2.06. The van der Waals surface area contributed by atoms with Crippen LogP contribution in [0.15, 0.2) is 17.5 Å². The standard InChI is InChI=1S/C9H7ClO2S/c10-4-5-3-7(11)8(12)6-1-2-13-9(5)6/h1-3,11-12H,4H2. The Labute approximate surface area is 84.0 Å². The molecule has 2 nitrogen and oxygen atoms in total. The van der Waals surface area contributed by atoms with Crippen molar-refractivity contribution in [2.24, 2.45) is 0 Å². The summed E-state index contributed by atoms with van der Waals surface area (Å²) >= 11 is 7.21. The lowest BCUT2D eigenvalue weighted by Gasteiger charge is -2.02. The molecule has 13 heavy (non-hydrogen) atoms. The quantitative estimate of drug-likeness (QED) is 0.566.